The smallest absolute Gasteiger partial charge is 0.0696 e. The minimum Gasteiger partial charge on any atom is -0.391 e. The summed E-state index contributed by atoms with van der Waals surface area (Å²) in [7, 11) is 0. The molecule has 1 aliphatic carbocycles. The van der Waals surface area contributed by atoms with Gasteiger partial charge in [0.15, 0.2) is 0 Å². The van der Waals surface area contributed by atoms with Crippen molar-refractivity contribution >= 4 is 0 Å². The third kappa shape index (κ3) is 0.864. The number of hydrogen-bond donors (Lipinski definition) is 2. The van der Waals surface area contributed by atoms with Crippen LogP contribution in [0.1, 0.15) is 19.3 Å². The summed E-state index contributed by atoms with van der Waals surface area (Å²) in [4.78, 5) is 0. The van der Waals surface area contributed by atoms with Crippen molar-refractivity contribution in [2.75, 3.05) is 6.54 Å². The number of piperidine rings is 2. The third-order valence-electron chi connectivity index (χ3n) is 2.59. The Hall–Kier alpha value is -0.0800. The van der Waals surface area contributed by atoms with Crippen molar-refractivity contribution in [3.8, 4) is 0 Å². The van der Waals surface area contributed by atoms with Crippen molar-refractivity contribution in [3.05, 3.63) is 0 Å². The zero-order chi connectivity index (χ0) is 6.27. The fraction of sp³-hybridized carbons (Fsp3) is 1.00. The van der Waals surface area contributed by atoms with Crippen LogP contribution in [-0.2, 0) is 0 Å². The van der Waals surface area contributed by atoms with E-state index in [4.69, 9.17) is 0 Å². The number of rotatable bonds is 0. The van der Waals surface area contributed by atoms with Crippen LogP contribution in [-0.4, -0.2) is 23.8 Å². The molecule has 0 spiro atoms. The molecule has 2 heterocycles. The zero-order valence-corrected chi connectivity index (χ0v) is 5.51. The first-order valence-electron chi connectivity index (χ1n) is 3.78. The quantitative estimate of drug-likeness (QED) is 0.484. The van der Waals surface area contributed by atoms with Gasteiger partial charge in [0.2, 0.25) is 0 Å². The number of nitrogens with one attached hydrogen (secondary N) is 1. The van der Waals surface area contributed by atoms with Crippen molar-refractivity contribution in [2.45, 2.75) is 31.4 Å². The van der Waals surface area contributed by atoms with Crippen LogP contribution in [0.4, 0.5) is 0 Å². The molecule has 3 unspecified atom stereocenters. The molecule has 0 amide bonds. The Labute approximate surface area is 55.3 Å². The average Bonchev–Trinajstić information content (AvgIpc) is 1.90. The second-order valence-corrected chi connectivity index (χ2v) is 3.26. The molecule has 3 rings (SSSR count). The van der Waals surface area contributed by atoms with Crippen LogP contribution in [0.3, 0.4) is 0 Å². The number of aliphatic hydroxyl groups is 1. The third-order valence-corrected chi connectivity index (χ3v) is 2.59. The Balaban J connectivity index is 2.06. The van der Waals surface area contributed by atoms with E-state index < -0.39 is 0 Å². The predicted octanol–water partition coefficient (Wildman–Crippen LogP) is 0.119. The number of hydrogen-bond acceptors (Lipinski definition) is 2. The van der Waals surface area contributed by atoms with E-state index in [1.54, 1.807) is 0 Å². The molecule has 0 aromatic carbocycles. The molecule has 2 saturated heterocycles. The van der Waals surface area contributed by atoms with E-state index in [0.717, 1.165) is 18.9 Å². The lowest BCUT2D eigenvalue weighted by molar-refractivity contribution is 0.0316. The van der Waals surface area contributed by atoms with E-state index in [9.17, 15) is 5.11 Å². The maximum Gasteiger partial charge on any atom is 0.0696 e. The SMILES string of the molecule is OC1CC2CCC1NC2. The molecule has 2 nitrogen and oxygen atoms in total. The number of fused-ring (bicyclic) bond motifs is 3. The standard InChI is InChI=1S/C7H13NO/c9-7-3-5-1-2-6(7)8-4-5/h5-9H,1-4H2. The highest BCUT2D eigenvalue weighted by Gasteiger charge is 2.33. The van der Waals surface area contributed by atoms with Crippen LogP contribution in [0.25, 0.3) is 0 Å². The molecule has 2 heteroatoms. The maximum absolute atomic E-state index is 9.34. The molecule has 9 heavy (non-hydrogen) atoms. The van der Waals surface area contributed by atoms with Gasteiger partial charge in [0.05, 0.1) is 6.10 Å². The Bertz CT molecular complexity index is 107. The molecular weight excluding hydrogens is 114 g/mol. The van der Waals surface area contributed by atoms with Gasteiger partial charge < -0.3 is 10.4 Å². The van der Waals surface area contributed by atoms with E-state index in [-0.39, 0.29) is 6.10 Å². The van der Waals surface area contributed by atoms with Crippen LogP contribution in [0.2, 0.25) is 0 Å². The molecule has 3 aliphatic rings. The first-order chi connectivity index (χ1) is 4.36. The van der Waals surface area contributed by atoms with Gasteiger partial charge in [-0.15, -0.1) is 0 Å². The van der Waals surface area contributed by atoms with Gasteiger partial charge in [-0.2, -0.15) is 0 Å². The molecular formula is C7H13NO. The minimum absolute atomic E-state index is 0.0440. The summed E-state index contributed by atoms with van der Waals surface area (Å²) in [6.45, 7) is 1.14. The normalized spacial score (nSPS) is 49.7. The van der Waals surface area contributed by atoms with Gasteiger partial charge in [0, 0.05) is 6.04 Å². The van der Waals surface area contributed by atoms with Gasteiger partial charge in [0.25, 0.3) is 0 Å². The fourth-order valence-corrected chi connectivity index (χ4v) is 1.97. The Morgan fingerprint density at radius 1 is 1.33 bits per heavy atom. The fourth-order valence-electron chi connectivity index (χ4n) is 1.97. The molecule has 2 N–H and O–H groups in total. The molecule has 3 fully saturated rings. The van der Waals surface area contributed by atoms with Crippen molar-refractivity contribution in [1.29, 1.82) is 0 Å². The highest BCUT2D eigenvalue weighted by molar-refractivity contribution is 4.90. The van der Waals surface area contributed by atoms with Crippen LogP contribution >= 0.6 is 0 Å². The van der Waals surface area contributed by atoms with Gasteiger partial charge >= 0.3 is 0 Å². The van der Waals surface area contributed by atoms with Crippen molar-refractivity contribution < 1.29 is 5.11 Å². The van der Waals surface area contributed by atoms with E-state index in [0.29, 0.717) is 6.04 Å². The Morgan fingerprint density at radius 2 is 2.22 bits per heavy atom. The lowest BCUT2D eigenvalue weighted by Gasteiger charge is -2.40. The van der Waals surface area contributed by atoms with Crippen molar-refractivity contribution in [1.82, 2.24) is 5.32 Å². The second-order valence-electron chi connectivity index (χ2n) is 3.26. The summed E-state index contributed by atoms with van der Waals surface area (Å²) in [6, 6.07) is 0.426. The summed E-state index contributed by atoms with van der Waals surface area (Å²) < 4.78 is 0. The van der Waals surface area contributed by atoms with Crippen LogP contribution < -0.4 is 5.32 Å². The van der Waals surface area contributed by atoms with Crippen molar-refractivity contribution in [2.24, 2.45) is 5.92 Å². The molecule has 1 saturated carbocycles. The molecule has 3 atom stereocenters. The van der Waals surface area contributed by atoms with E-state index in [1.807, 2.05) is 0 Å². The maximum atomic E-state index is 9.34. The molecule has 52 valence electrons. The van der Waals surface area contributed by atoms with E-state index in [2.05, 4.69) is 5.32 Å². The summed E-state index contributed by atoms with van der Waals surface area (Å²) in [5.74, 6) is 0.769. The first-order valence-corrected chi connectivity index (χ1v) is 3.78. The summed E-state index contributed by atoms with van der Waals surface area (Å²) in [5, 5.41) is 12.7. The topological polar surface area (TPSA) is 32.3 Å². The molecule has 0 aromatic heterocycles. The van der Waals surface area contributed by atoms with Crippen LogP contribution in [0.15, 0.2) is 0 Å². The largest absolute Gasteiger partial charge is 0.391 e. The summed E-state index contributed by atoms with van der Waals surface area (Å²) >= 11 is 0. The first kappa shape index (κ1) is 5.69. The highest BCUT2D eigenvalue weighted by atomic mass is 16.3. The monoisotopic (exact) mass is 127 g/mol. The molecule has 0 radical (unpaired) electrons. The predicted molar refractivity (Wildman–Crippen MR) is 35.1 cm³/mol. The van der Waals surface area contributed by atoms with E-state index in [1.165, 1.54) is 12.8 Å². The van der Waals surface area contributed by atoms with E-state index >= 15 is 0 Å². The van der Waals surface area contributed by atoms with Gasteiger partial charge in [-0.1, -0.05) is 0 Å². The van der Waals surface area contributed by atoms with Gasteiger partial charge in [-0.05, 0) is 31.7 Å². The van der Waals surface area contributed by atoms with Crippen LogP contribution in [0.5, 0.6) is 0 Å². The Kier molecular flexibility index (Phi) is 1.24. The van der Waals surface area contributed by atoms with Gasteiger partial charge in [0.1, 0.15) is 0 Å². The molecule has 2 aliphatic heterocycles. The Morgan fingerprint density at radius 3 is 2.44 bits per heavy atom. The second kappa shape index (κ2) is 1.96. The van der Waals surface area contributed by atoms with Crippen LogP contribution in [0, 0.1) is 5.92 Å². The lowest BCUT2D eigenvalue weighted by Crippen LogP contribution is -2.52. The summed E-state index contributed by atoms with van der Waals surface area (Å²) in [6.07, 6.45) is 3.51. The van der Waals surface area contributed by atoms with Gasteiger partial charge in [-0.3, -0.25) is 0 Å². The summed E-state index contributed by atoms with van der Waals surface area (Å²) in [5.41, 5.74) is 0. The molecule has 2 bridgehead atoms. The highest BCUT2D eigenvalue weighted by Crippen LogP contribution is 2.28. The zero-order valence-electron chi connectivity index (χ0n) is 5.51. The lowest BCUT2D eigenvalue weighted by atomic mass is 9.80. The average molecular weight is 127 g/mol. The van der Waals surface area contributed by atoms with Gasteiger partial charge in [-0.25, -0.2) is 0 Å². The minimum atomic E-state index is -0.0440. The molecule has 0 aromatic rings. The van der Waals surface area contributed by atoms with Crippen molar-refractivity contribution in [3.63, 3.8) is 0 Å². The number of aliphatic hydroxyl groups excluding tert-OH is 1.